The third kappa shape index (κ3) is 1.27. The van der Waals surface area contributed by atoms with E-state index in [-0.39, 0.29) is 5.82 Å². The molecule has 2 aromatic heterocycles. The molecule has 1 N–H and O–H groups in total. The summed E-state index contributed by atoms with van der Waals surface area (Å²) in [6, 6.07) is 6.40. The summed E-state index contributed by atoms with van der Waals surface area (Å²) < 4.78 is 13.0. The van der Waals surface area contributed by atoms with Gasteiger partial charge in [-0.2, -0.15) is 0 Å². The summed E-state index contributed by atoms with van der Waals surface area (Å²) in [5.74, 6) is -0.256. The number of hydrogen-bond donors (Lipinski definition) is 1. The second kappa shape index (κ2) is 2.94. The molecule has 4 heteroatoms. The van der Waals surface area contributed by atoms with Crippen LogP contribution in [-0.4, -0.2) is 9.97 Å². The Morgan fingerprint density at radius 3 is 2.87 bits per heavy atom. The molecule has 1 aromatic carbocycles. The van der Waals surface area contributed by atoms with E-state index >= 15 is 0 Å². The summed E-state index contributed by atoms with van der Waals surface area (Å²) in [6.07, 6.45) is 1.65. The molecular formula is C11H6ClFN2. The molecule has 3 aromatic rings. The first-order chi connectivity index (χ1) is 7.24. The van der Waals surface area contributed by atoms with Crippen molar-refractivity contribution < 1.29 is 4.39 Å². The van der Waals surface area contributed by atoms with Crippen LogP contribution in [0.1, 0.15) is 0 Å². The fraction of sp³-hybridized carbons (Fsp3) is 0. The Bertz CT molecular complexity index is 660. The van der Waals surface area contributed by atoms with Gasteiger partial charge in [-0.1, -0.05) is 11.6 Å². The average Bonchev–Trinajstić information content (AvgIpc) is 2.54. The largest absolute Gasteiger partial charge is 0.353 e. The lowest BCUT2D eigenvalue weighted by molar-refractivity contribution is 0.629. The van der Waals surface area contributed by atoms with Gasteiger partial charge in [0.15, 0.2) is 0 Å². The maximum absolute atomic E-state index is 13.0. The van der Waals surface area contributed by atoms with E-state index in [1.807, 2.05) is 0 Å². The number of H-pyrrole nitrogens is 1. The fourth-order valence-electron chi connectivity index (χ4n) is 1.75. The number of halogens is 2. The highest BCUT2D eigenvalue weighted by atomic mass is 35.5. The van der Waals surface area contributed by atoms with Crippen LogP contribution in [0.3, 0.4) is 0 Å². The van der Waals surface area contributed by atoms with Crippen molar-refractivity contribution in [3.63, 3.8) is 0 Å². The third-order valence-corrected chi connectivity index (χ3v) is 2.62. The number of nitrogens with one attached hydrogen (secondary N) is 1. The minimum absolute atomic E-state index is 0.256. The highest BCUT2D eigenvalue weighted by molar-refractivity contribution is 6.30. The zero-order valence-electron chi connectivity index (χ0n) is 7.59. The standard InChI is InChI=1S/C11H6ClFN2/c12-11-4-8-7-2-1-6(13)3-9(7)15-10(8)5-14-11/h1-5,15H. The SMILES string of the molecule is Fc1ccc2c(c1)[nH]c1cnc(Cl)cc12. The maximum atomic E-state index is 13.0. The molecule has 2 heterocycles. The molecule has 0 fully saturated rings. The van der Waals surface area contributed by atoms with Crippen molar-refractivity contribution in [3.8, 4) is 0 Å². The Morgan fingerprint density at radius 1 is 1.13 bits per heavy atom. The van der Waals surface area contributed by atoms with Crippen LogP contribution in [0.25, 0.3) is 21.8 Å². The molecule has 0 unspecified atom stereocenters. The van der Waals surface area contributed by atoms with E-state index in [1.54, 1.807) is 18.3 Å². The van der Waals surface area contributed by atoms with Gasteiger partial charge in [0.05, 0.1) is 11.7 Å². The zero-order chi connectivity index (χ0) is 10.4. The first-order valence-electron chi connectivity index (χ1n) is 4.46. The summed E-state index contributed by atoms with van der Waals surface area (Å²) in [5, 5.41) is 2.36. The molecule has 3 rings (SSSR count). The van der Waals surface area contributed by atoms with Crippen LogP contribution in [0, 0.1) is 5.82 Å². The van der Waals surface area contributed by atoms with Crippen LogP contribution in [0.15, 0.2) is 30.5 Å². The van der Waals surface area contributed by atoms with E-state index in [2.05, 4.69) is 9.97 Å². The number of benzene rings is 1. The Hall–Kier alpha value is -1.61. The molecule has 74 valence electrons. The fourth-order valence-corrected chi connectivity index (χ4v) is 1.91. The van der Waals surface area contributed by atoms with Crippen LogP contribution in [0.2, 0.25) is 5.15 Å². The van der Waals surface area contributed by atoms with Gasteiger partial charge in [-0.3, -0.25) is 0 Å². The number of aromatic amines is 1. The minimum Gasteiger partial charge on any atom is -0.353 e. The van der Waals surface area contributed by atoms with Crippen molar-refractivity contribution in [3.05, 3.63) is 41.4 Å². The Labute approximate surface area is 89.7 Å². The van der Waals surface area contributed by atoms with Gasteiger partial charge in [-0.15, -0.1) is 0 Å². The lowest BCUT2D eigenvalue weighted by atomic mass is 10.2. The molecule has 0 aliphatic rings. The lowest BCUT2D eigenvalue weighted by Gasteiger charge is -1.91. The van der Waals surface area contributed by atoms with Crippen molar-refractivity contribution in [1.29, 1.82) is 0 Å². The molecule has 0 aliphatic carbocycles. The maximum Gasteiger partial charge on any atom is 0.129 e. The average molecular weight is 221 g/mol. The van der Waals surface area contributed by atoms with Crippen molar-refractivity contribution in [2.24, 2.45) is 0 Å². The highest BCUT2D eigenvalue weighted by Crippen LogP contribution is 2.26. The van der Waals surface area contributed by atoms with Crippen molar-refractivity contribution >= 4 is 33.4 Å². The van der Waals surface area contributed by atoms with Gasteiger partial charge in [0.25, 0.3) is 0 Å². The summed E-state index contributed by atoms with van der Waals surface area (Å²) in [7, 11) is 0. The molecule has 0 saturated heterocycles. The molecule has 0 atom stereocenters. The quantitative estimate of drug-likeness (QED) is 0.577. The van der Waals surface area contributed by atoms with Crippen LogP contribution in [-0.2, 0) is 0 Å². The first-order valence-corrected chi connectivity index (χ1v) is 4.84. The summed E-state index contributed by atoms with van der Waals surface area (Å²) in [5.41, 5.74) is 1.62. The summed E-state index contributed by atoms with van der Waals surface area (Å²) >= 11 is 5.81. The Kier molecular flexibility index (Phi) is 1.70. The molecule has 0 saturated carbocycles. The molecule has 0 radical (unpaired) electrons. The van der Waals surface area contributed by atoms with Gasteiger partial charge in [0.2, 0.25) is 0 Å². The van der Waals surface area contributed by atoms with E-state index in [4.69, 9.17) is 11.6 Å². The minimum atomic E-state index is -0.256. The van der Waals surface area contributed by atoms with Gasteiger partial charge in [-0.05, 0) is 24.3 Å². The van der Waals surface area contributed by atoms with Crippen LogP contribution >= 0.6 is 11.6 Å². The van der Waals surface area contributed by atoms with Crippen LogP contribution in [0.4, 0.5) is 4.39 Å². The van der Waals surface area contributed by atoms with Crippen molar-refractivity contribution in [2.45, 2.75) is 0 Å². The van der Waals surface area contributed by atoms with E-state index in [1.165, 1.54) is 12.1 Å². The topological polar surface area (TPSA) is 28.7 Å². The van der Waals surface area contributed by atoms with E-state index in [0.717, 1.165) is 21.8 Å². The number of fused-ring (bicyclic) bond motifs is 3. The summed E-state index contributed by atoms with van der Waals surface area (Å²) in [4.78, 5) is 7.05. The molecular weight excluding hydrogens is 215 g/mol. The summed E-state index contributed by atoms with van der Waals surface area (Å²) in [6.45, 7) is 0. The smallest absolute Gasteiger partial charge is 0.129 e. The van der Waals surface area contributed by atoms with Gasteiger partial charge >= 0.3 is 0 Å². The van der Waals surface area contributed by atoms with Crippen molar-refractivity contribution in [2.75, 3.05) is 0 Å². The number of hydrogen-bond acceptors (Lipinski definition) is 1. The highest BCUT2D eigenvalue weighted by Gasteiger charge is 2.05. The first kappa shape index (κ1) is 8.68. The molecule has 0 aliphatic heterocycles. The normalized spacial score (nSPS) is 11.3. The van der Waals surface area contributed by atoms with Crippen LogP contribution in [0.5, 0.6) is 0 Å². The number of rotatable bonds is 0. The zero-order valence-corrected chi connectivity index (χ0v) is 8.35. The molecule has 0 bridgehead atoms. The lowest BCUT2D eigenvalue weighted by Crippen LogP contribution is -1.73. The van der Waals surface area contributed by atoms with Gasteiger partial charge in [0.1, 0.15) is 11.0 Å². The number of pyridine rings is 1. The van der Waals surface area contributed by atoms with Crippen molar-refractivity contribution in [1.82, 2.24) is 9.97 Å². The molecule has 0 spiro atoms. The van der Waals surface area contributed by atoms with Gasteiger partial charge in [-0.25, -0.2) is 9.37 Å². The third-order valence-electron chi connectivity index (χ3n) is 2.41. The number of aromatic nitrogens is 2. The predicted octanol–water partition coefficient (Wildman–Crippen LogP) is 3.51. The van der Waals surface area contributed by atoms with Gasteiger partial charge < -0.3 is 4.98 Å². The second-order valence-electron chi connectivity index (χ2n) is 3.37. The van der Waals surface area contributed by atoms with Crippen LogP contribution < -0.4 is 0 Å². The Morgan fingerprint density at radius 2 is 2.00 bits per heavy atom. The van der Waals surface area contributed by atoms with Gasteiger partial charge in [0, 0.05) is 16.3 Å². The predicted molar refractivity (Wildman–Crippen MR) is 58.6 cm³/mol. The monoisotopic (exact) mass is 220 g/mol. The van der Waals surface area contributed by atoms with E-state index in [0.29, 0.717) is 5.15 Å². The molecule has 15 heavy (non-hydrogen) atoms. The van der Waals surface area contributed by atoms with E-state index < -0.39 is 0 Å². The van der Waals surface area contributed by atoms with E-state index in [9.17, 15) is 4.39 Å². The number of nitrogens with zero attached hydrogens (tertiary/aromatic N) is 1. The molecule has 2 nitrogen and oxygen atoms in total. The Balaban J connectivity index is 2.53. The molecule has 0 amide bonds. The second-order valence-corrected chi connectivity index (χ2v) is 3.75.